The zero-order valence-electron chi connectivity index (χ0n) is 8.54. The molecule has 0 saturated carbocycles. The molecule has 2 amide bonds. The highest BCUT2D eigenvalue weighted by Crippen LogP contribution is 2.04. The van der Waals surface area contributed by atoms with Gasteiger partial charge in [0.25, 0.3) is 5.24 Å². The van der Waals surface area contributed by atoms with E-state index in [1.807, 2.05) is 6.92 Å². The molecular formula is C8H17N2O2S2-. The summed E-state index contributed by atoms with van der Waals surface area (Å²) in [7, 11) is 0. The van der Waals surface area contributed by atoms with E-state index >= 15 is 0 Å². The molecule has 0 radical (unpaired) electrons. The van der Waals surface area contributed by atoms with Crippen molar-refractivity contribution in [1.82, 2.24) is 5.32 Å². The largest absolute Gasteiger partial charge is 0.719 e. The number of hydrogen-bond acceptors (Lipinski definition) is 4. The lowest BCUT2D eigenvalue weighted by atomic mass is 10.4. The minimum atomic E-state index is -0.750. The minimum absolute atomic E-state index is 0.107. The Kier molecular flexibility index (Phi) is 14.3. The van der Waals surface area contributed by atoms with Gasteiger partial charge in [-0.1, -0.05) is 25.1 Å². The molecule has 0 aromatic heterocycles. The van der Waals surface area contributed by atoms with Crippen molar-refractivity contribution in [2.75, 3.05) is 12.3 Å². The highest BCUT2D eigenvalue weighted by molar-refractivity contribution is 8.13. The van der Waals surface area contributed by atoms with Gasteiger partial charge in [0.2, 0.25) is 0 Å². The van der Waals surface area contributed by atoms with Gasteiger partial charge < -0.3 is 28.5 Å². The predicted octanol–water partition coefficient (Wildman–Crippen LogP) is 1.86. The van der Waals surface area contributed by atoms with Crippen molar-refractivity contribution >= 4 is 34.9 Å². The van der Waals surface area contributed by atoms with Crippen LogP contribution in [0.5, 0.6) is 0 Å². The fourth-order valence-corrected chi connectivity index (χ4v) is 1.37. The summed E-state index contributed by atoms with van der Waals surface area (Å²) < 4.78 is 0. The first-order chi connectivity index (χ1) is 6.54. The van der Waals surface area contributed by atoms with E-state index in [2.05, 4.69) is 30.6 Å². The molecule has 0 aliphatic heterocycles. The van der Waals surface area contributed by atoms with Crippen molar-refractivity contribution < 1.29 is 9.59 Å². The molecule has 0 unspecified atom stereocenters. The highest BCUT2D eigenvalue weighted by Gasteiger charge is 1.96. The smallest absolute Gasteiger partial charge is 0.279 e. The minimum Gasteiger partial charge on any atom is -0.719 e. The summed E-state index contributed by atoms with van der Waals surface area (Å²) in [5.41, 5.74) is 4.29. The van der Waals surface area contributed by atoms with Gasteiger partial charge in [0.1, 0.15) is 0 Å². The average Bonchev–Trinajstić information content (AvgIpc) is 2.04. The number of rotatable bonds is 4. The summed E-state index contributed by atoms with van der Waals surface area (Å²) in [6, 6.07) is 0. The van der Waals surface area contributed by atoms with E-state index in [0.717, 1.165) is 25.1 Å². The quantitative estimate of drug-likeness (QED) is 0.578. The van der Waals surface area contributed by atoms with Crippen molar-refractivity contribution in [2.45, 2.75) is 26.7 Å². The zero-order valence-corrected chi connectivity index (χ0v) is 10.2. The maximum absolute atomic E-state index is 10.8. The first-order valence-electron chi connectivity index (χ1n) is 4.41. The van der Waals surface area contributed by atoms with E-state index in [1.165, 1.54) is 11.8 Å². The Morgan fingerprint density at radius 3 is 2.29 bits per heavy atom. The molecule has 0 fully saturated rings. The van der Waals surface area contributed by atoms with Crippen LogP contribution in [0, 0.1) is 0 Å². The van der Waals surface area contributed by atoms with Crippen LogP contribution in [0.25, 0.3) is 0 Å². The van der Waals surface area contributed by atoms with Crippen LogP contribution in [0.1, 0.15) is 26.7 Å². The molecule has 0 spiro atoms. The van der Waals surface area contributed by atoms with Crippen molar-refractivity contribution in [3.8, 4) is 0 Å². The molecule has 0 aromatic carbocycles. The number of carbonyl (C=O) groups is 2. The van der Waals surface area contributed by atoms with E-state index in [-0.39, 0.29) is 5.24 Å². The molecule has 0 rings (SSSR count). The van der Waals surface area contributed by atoms with Gasteiger partial charge in [-0.3, -0.25) is 4.79 Å². The summed E-state index contributed by atoms with van der Waals surface area (Å²) >= 11 is 5.13. The van der Waals surface area contributed by atoms with Crippen LogP contribution >= 0.6 is 11.8 Å². The zero-order chi connectivity index (χ0) is 11.4. The Bertz CT molecular complexity index is 161. The molecule has 0 atom stereocenters. The Hall–Kier alpha value is -0.490. The fraction of sp³-hybridized carbons (Fsp3) is 0.750. The Morgan fingerprint density at radius 1 is 1.43 bits per heavy atom. The number of amides is 2. The summed E-state index contributed by atoms with van der Waals surface area (Å²) in [5.74, 6) is 0.947. The van der Waals surface area contributed by atoms with E-state index in [9.17, 15) is 4.79 Å². The van der Waals surface area contributed by atoms with Gasteiger partial charge in [0.05, 0.1) is 5.24 Å². The van der Waals surface area contributed by atoms with Crippen molar-refractivity contribution in [2.24, 2.45) is 5.73 Å². The van der Waals surface area contributed by atoms with Crippen LogP contribution in [0.2, 0.25) is 0 Å². The van der Waals surface area contributed by atoms with Crippen LogP contribution in [-0.2, 0) is 12.6 Å². The number of hydrogen-bond donors (Lipinski definition) is 2. The molecule has 6 heteroatoms. The molecule has 84 valence electrons. The molecular weight excluding hydrogens is 220 g/mol. The Morgan fingerprint density at radius 2 is 1.93 bits per heavy atom. The number of nitrogens with one attached hydrogen (secondary N) is 1. The molecule has 0 bridgehead atoms. The van der Waals surface area contributed by atoms with E-state index in [0.29, 0.717) is 0 Å². The van der Waals surface area contributed by atoms with Crippen LogP contribution in [-0.4, -0.2) is 22.8 Å². The van der Waals surface area contributed by atoms with E-state index in [4.69, 9.17) is 4.79 Å². The number of carbonyl (C=O) groups excluding carboxylic acids is 2. The Balaban J connectivity index is 0. The van der Waals surface area contributed by atoms with Gasteiger partial charge >= 0.3 is 0 Å². The van der Waals surface area contributed by atoms with Crippen LogP contribution in [0.15, 0.2) is 0 Å². The highest BCUT2D eigenvalue weighted by atomic mass is 32.2. The van der Waals surface area contributed by atoms with Gasteiger partial charge in [0, 0.05) is 12.3 Å². The van der Waals surface area contributed by atoms with Crippen LogP contribution < -0.4 is 11.1 Å². The maximum atomic E-state index is 10.8. The fourth-order valence-electron chi connectivity index (χ4n) is 0.505. The standard InChI is InChI=1S/C7H15NOS.CH3NOS/c1-3-5-6-10-7(9)8-4-2;2-1(3)4/h3-6H2,1-2H3,(H,8,9);(H3,2,3,4)/p-1. The SMILES string of the molecule is CCCCSC(=O)NCC.NC(=O)[S-]. The van der Waals surface area contributed by atoms with Gasteiger partial charge in [0.15, 0.2) is 0 Å². The monoisotopic (exact) mass is 237 g/mol. The van der Waals surface area contributed by atoms with Crippen molar-refractivity contribution in [3.05, 3.63) is 0 Å². The summed E-state index contributed by atoms with van der Waals surface area (Å²) in [5, 5.41) is 2.09. The second-order valence-corrected chi connectivity index (χ2v) is 3.81. The molecule has 0 aromatic rings. The van der Waals surface area contributed by atoms with Crippen molar-refractivity contribution in [3.63, 3.8) is 0 Å². The van der Waals surface area contributed by atoms with Crippen molar-refractivity contribution in [1.29, 1.82) is 0 Å². The predicted molar refractivity (Wildman–Crippen MR) is 63.4 cm³/mol. The second-order valence-electron chi connectivity index (χ2n) is 2.34. The number of nitrogens with two attached hydrogens (primary N) is 1. The lowest BCUT2D eigenvalue weighted by Gasteiger charge is -1.98. The van der Waals surface area contributed by atoms with Gasteiger partial charge in [-0.2, -0.15) is 0 Å². The van der Waals surface area contributed by atoms with Crippen LogP contribution in [0.4, 0.5) is 9.59 Å². The number of primary amides is 1. The average molecular weight is 237 g/mol. The first kappa shape index (κ1) is 16.0. The molecule has 4 nitrogen and oxygen atoms in total. The molecule has 0 heterocycles. The third-order valence-corrected chi connectivity index (χ3v) is 1.95. The molecule has 0 aliphatic rings. The summed E-state index contributed by atoms with van der Waals surface area (Å²) in [4.78, 5) is 19.8. The normalized spacial score (nSPS) is 8.43. The molecule has 14 heavy (non-hydrogen) atoms. The third kappa shape index (κ3) is 22.5. The molecule has 0 saturated heterocycles. The maximum Gasteiger partial charge on any atom is 0.279 e. The third-order valence-electron chi connectivity index (χ3n) is 1.05. The number of thioether (sulfide) groups is 1. The molecule has 0 aliphatic carbocycles. The summed E-state index contributed by atoms with van der Waals surface area (Å²) in [6.45, 7) is 4.79. The van der Waals surface area contributed by atoms with Gasteiger partial charge in [-0.25, -0.2) is 0 Å². The molecule has 3 N–H and O–H groups in total. The Labute approximate surface area is 94.8 Å². The summed E-state index contributed by atoms with van der Waals surface area (Å²) in [6.07, 6.45) is 2.29. The van der Waals surface area contributed by atoms with Crippen LogP contribution in [0.3, 0.4) is 0 Å². The van der Waals surface area contributed by atoms with E-state index < -0.39 is 5.24 Å². The topological polar surface area (TPSA) is 72.2 Å². The van der Waals surface area contributed by atoms with E-state index in [1.54, 1.807) is 0 Å². The van der Waals surface area contributed by atoms with Gasteiger partial charge in [-0.05, 0) is 13.3 Å². The first-order valence-corrected chi connectivity index (χ1v) is 5.81. The second kappa shape index (κ2) is 12.5. The number of unbranched alkanes of at least 4 members (excludes halogenated alkanes) is 1. The van der Waals surface area contributed by atoms with Gasteiger partial charge in [-0.15, -0.1) is 0 Å². The lowest BCUT2D eigenvalue weighted by molar-refractivity contribution is 0.261. The lowest BCUT2D eigenvalue weighted by Crippen LogP contribution is -2.17.